The van der Waals surface area contributed by atoms with Crippen LogP contribution in [0.1, 0.15) is 23.2 Å². The van der Waals surface area contributed by atoms with Crippen LogP contribution in [0.15, 0.2) is 18.2 Å². The van der Waals surface area contributed by atoms with E-state index in [1.807, 2.05) is 0 Å². The lowest BCUT2D eigenvalue weighted by Crippen LogP contribution is -2.37. The zero-order valence-electron chi connectivity index (χ0n) is 10.4. The van der Waals surface area contributed by atoms with Crippen LogP contribution in [0.25, 0.3) is 0 Å². The number of ether oxygens (including phenoxy) is 3. The highest BCUT2D eigenvalue weighted by Gasteiger charge is 2.29. The zero-order chi connectivity index (χ0) is 13.1. The first-order valence-corrected chi connectivity index (χ1v) is 5.75. The van der Waals surface area contributed by atoms with Gasteiger partial charge in [-0.15, -0.1) is 0 Å². The van der Waals surface area contributed by atoms with Crippen LogP contribution < -0.4 is 9.47 Å². The number of methoxy groups -OCH3 is 2. The van der Waals surface area contributed by atoms with Crippen LogP contribution in [0.4, 0.5) is 0 Å². The van der Waals surface area contributed by atoms with Crippen LogP contribution in [0.3, 0.4) is 0 Å². The van der Waals surface area contributed by atoms with Gasteiger partial charge in [0.15, 0.2) is 0 Å². The molecule has 0 bridgehead atoms. The van der Waals surface area contributed by atoms with Crippen molar-refractivity contribution in [3.05, 3.63) is 23.8 Å². The molecule has 0 aliphatic heterocycles. The van der Waals surface area contributed by atoms with Crippen molar-refractivity contribution in [1.82, 2.24) is 0 Å². The summed E-state index contributed by atoms with van der Waals surface area (Å²) in [6, 6.07) is 4.95. The first-order valence-electron chi connectivity index (χ1n) is 5.75. The molecule has 1 fully saturated rings. The Morgan fingerprint density at radius 2 is 2.06 bits per heavy atom. The average Bonchev–Trinajstić information content (AvgIpc) is 2.36. The van der Waals surface area contributed by atoms with Gasteiger partial charge in [-0.25, -0.2) is 4.79 Å². The van der Waals surface area contributed by atoms with E-state index in [0.717, 1.165) is 0 Å². The number of hydrogen-bond donors (Lipinski definition) is 1. The molecule has 98 valence electrons. The highest BCUT2D eigenvalue weighted by atomic mass is 16.5. The molecule has 1 aromatic rings. The van der Waals surface area contributed by atoms with E-state index < -0.39 is 5.97 Å². The van der Waals surface area contributed by atoms with Crippen molar-refractivity contribution in [3.8, 4) is 11.5 Å². The Morgan fingerprint density at radius 1 is 1.33 bits per heavy atom. The summed E-state index contributed by atoms with van der Waals surface area (Å²) < 4.78 is 15.4. The van der Waals surface area contributed by atoms with E-state index in [-0.39, 0.29) is 12.2 Å². The van der Waals surface area contributed by atoms with Crippen molar-refractivity contribution in [2.24, 2.45) is 0 Å². The third-order valence-corrected chi connectivity index (χ3v) is 2.95. The molecule has 5 heteroatoms. The van der Waals surface area contributed by atoms with Gasteiger partial charge in [0.25, 0.3) is 0 Å². The van der Waals surface area contributed by atoms with E-state index in [1.54, 1.807) is 18.2 Å². The standard InChI is InChI=1S/C13H16O5/c1-16-12-7-9(18-10-5-8(14)6-10)3-4-11(12)13(15)17-2/h3-4,7-8,10,14H,5-6H2,1-2H3/t8-,10+. The van der Waals surface area contributed by atoms with Gasteiger partial charge in [-0.3, -0.25) is 0 Å². The molecule has 0 unspecified atom stereocenters. The molecule has 0 amide bonds. The normalized spacial score (nSPS) is 21.9. The van der Waals surface area contributed by atoms with Gasteiger partial charge in [0.1, 0.15) is 23.2 Å². The third-order valence-electron chi connectivity index (χ3n) is 2.95. The van der Waals surface area contributed by atoms with Crippen LogP contribution in [-0.4, -0.2) is 37.5 Å². The molecule has 1 aromatic carbocycles. The Bertz CT molecular complexity index is 437. The molecule has 18 heavy (non-hydrogen) atoms. The molecular weight excluding hydrogens is 236 g/mol. The molecule has 0 radical (unpaired) electrons. The average molecular weight is 252 g/mol. The molecule has 0 spiro atoms. The first-order chi connectivity index (χ1) is 8.63. The van der Waals surface area contributed by atoms with Gasteiger partial charge < -0.3 is 19.3 Å². The van der Waals surface area contributed by atoms with E-state index in [2.05, 4.69) is 4.74 Å². The summed E-state index contributed by atoms with van der Waals surface area (Å²) in [5.41, 5.74) is 0.362. The highest BCUT2D eigenvalue weighted by Crippen LogP contribution is 2.30. The van der Waals surface area contributed by atoms with Crippen molar-refractivity contribution in [3.63, 3.8) is 0 Å². The Hall–Kier alpha value is -1.75. The quantitative estimate of drug-likeness (QED) is 0.820. The van der Waals surface area contributed by atoms with Crippen molar-refractivity contribution < 1.29 is 24.1 Å². The predicted molar refractivity (Wildman–Crippen MR) is 64.0 cm³/mol. The van der Waals surface area contributed by atoms with Gasteiger partial charge in [0, 0.05) is 18.9 Å². The molecule has 0 saturated heterocycles. The summed E-state index contributed by atoms with van der Waals surface area (Å²) in [6.07, 6.45) is 1.06. The SMILES string of the molecule is COC(=O)c1ccc(O[C@H]2C[C@@H](O)C2)cc1OC. The summed E-state index contributed by atoms with van der Waals surface area (Å²) in [5, 5.41) is 9.18. The smallest absolute Gasteiger partial charge is 0.341 e. The molecular formula is C13H16O5. The summed E-state index contributed by atoms with van der Waals surface area (Å²) in [6.45, 7) is 0. The summed E-state index contributed by atoms with van der Waals surface area (Å²) >= 11 is 0. The molecule has 5 nitrogen and oxygen atoms in total. The Labute approximate surface area is 105 Å². The van der Waals surface area contributed by atoms with Crippen LogP contribution >= 0.6 is 0 Å². The minimum absolute atomic E-state index is 0.0358. The fraction of sp³-hybridized carbons (Fsp3) is 0.462. The molecule has 1 N–H and O–H groups in total. The maximum absolute atomic E-state index is 11.5. The van der Waals surface area contributed by atoms with Crippen molar-refractivity contribution >= 4 is 5.97 Å². The highest BCUT2D eigenvalue weighted by molar-refractivity contribution is 5.92. The van der Waals surface area contributed by atoms with Crippen LogP contribution in [0.2, 0.25) is 0 Å². The van der Waals surface area contributed by atoms with Crippen molar-refractivity contribution in [1.29, 1.82) is 0 Å². The molecule has 1 aliphatic carbocycles. The lowest BCUT2D eigenvalue weighted by atomic mass is 9.92. The topological polar surface area (TPSA) is 65.0 Å². The fourth-order valence-corrected chi connectivity index (χ4v) is 1.85. The lowest BCUT2D eigenvalue weighted by molar-refractivity contribution is -0.0108. The fourth-order valence-electron chi connectivity index (χ4n) is 1.85. The monoisotopic (exact) mass is 252 g/mol. The first kappa shape index (κ1) is 12.7. The van der Waals surface area contributed by atoms with Gasteiger partial charge in [0.2, 0.25) is 0 Å². The van der Waals surface area contributed by atoms with E-state index in [9.17, 15) is 9.90 Å². The largest absolute Gasteiger partial charge is 0.496 e. The lowest BCUT2D eigenvalue weighted by Gasteiger charge is -2.31. The Kier molecular flexibility index (Phi) is 3.72. The van der Waals surface area contributed by atoms with Crippen LogP contribution in [-0.2, 0) is 4.74 Å². The van der Waals surface area contributed by atoms with Gasteiger partial charge >= 0.3 is 5.97 Å². The Balaban J connectivity index is 2.11. The molecule has 0 heterocycles. The molecule has 0 aromatic heterocycles. The third kappa shape index (κ3) is 2.56. The minimum Gasteiger partial charge on any atom is -0.496 e. The van der Waals surface area contributed by atoms with Gasteiger partial charge in [0.05, 0.1) is 20.3 Å². The van der Waals surface area contributed by atoms with Crippen LogP contribution in [0.5, 0.6) is 11.5 Å². The second kappa shape index (κ2) is 5.27. The number of carbonyl (C=O) groups is 1. The summed E-state index contributed by atoms with van der Waals surface area (Å²) in [5.74, 6) is 0.591. The van der Waals surface area contributed by atoms with Gasteiger partial charge in [-0.05, 0) is 12.1 Å². The number of benzene rings is 1. The molecule has 0 atom stereocenters. The summed E-state index contributed by atoms with van der Waals surface area (Å²) in [4.78, 5) is 11.5. The number of aliphatic hydroxyl groups excluding tert-OH is 1. The maximum atomic E-state index is 11.5. The van der Waals surface area contributed by atoms with Crippen molar-refractivity contribution in [2.75, 3.05) is 14.2 Å². The van der Waals surface area contributed by atoms with Crippen molar-refractivity contribution in [2.45, 2.75) is 25.0 Å². The zero-order valence-corrected chi connectivity index (χ0v) is 10.4. The number of carbonyl (C=O) groups excluding carboxylic acids is 1. The van der Waals surface area contributed by atoms with E-state index in [0.29, 0.717) is 29.9 Å². The minimum atomic E-state index is -0.447. The van der Waals surface area contributed by atoms with E-state index >= 15 is 0 Å². The molecule has 2 rings (SSSR count). The van der Waals surface area contributed by atoms with Gasteiger partial charge in [-0.2, -0.15) is 0 Å². The molecule has 1 saturated carbocycles. The predicted octanol–water partition coefficient (Wildman–Crippen LogP) is 1.38. The number of rotatable bonds is 4. The summed E-state index contributed by atoms with van der Waals surface area (Å²) in [7, 11) is 2.81. The second-order valence-corrected chi connectivity index (χ2v) is 4.22. The number of aliphatic hydroxyl groups is 1. The second-order valence-electron chi connectivity index (χ2n) is 4.22. The Morgan fingerprint density at radius 3 is 2.61 bits per heavy atom. The van der Waals surface area contributed by atoms with E-state index in [1.165, 1.54) is 14.2 Å². The van der Waals surface area contributed by atoms with Crippen LogP contribution in [0, 0.1) is 0 Å². The number of esters is 1. The van der Waals surface area contributed by atoms with E-state index in [4.69, 9.17) is 9.47 Å². The van der Waals surface area contributed by atoms with Gasteiger partial charge in [-0.1, -0.05) is 0 Å². The number of hydrogen-bond acceptors (Lipinski definition) is 5. The molecule has 1 aliphatic rings. The maximum Gasteiger partial charge on any atom is 0.341 e.